The molecule has 0 saturated heterocycles. The van der Waals surface area contributed by atoms with Gasteiger partial charge in [0.15, 0.2) is 11.2 Å². The Labute approximate surface area is 78.0 Å². The van der Waals surface area contributed by atoms with Crippen molar-refractivity contribution < 1.29 is 25.3 Å². The molecular formula is C6H2O6Si2. The van der Waals surface area contributed by atoms with Crippen LogP contribution in [0.5, 0.6) is 0 Å². The fraction of sp³-hybridized carbons (Fsp3) is 0. The SMILES string of the molecule is O=[si]1oc2ccc3o[si](=O)oc3c2o1. The van der Waals surface area contributed by atoms with E-state index < -0.39 is 17.6 Å². The van der Waals surface area contributed by atoms with Crippen LogP contribution >= 0.6 is 0 Å². The average Bonchev–Trinajstić information content (AvgIpc) is 2.65. The van der Waals surface area contributed by atoms with Crippen molar-refractivity contribution in [3.63, 3.8) is 0 Å². The monoisotopic (exact) mass is 226 g/mol. The Hall–Kier alpha value is -1.55. The van der Waals surface area contributed by atoms with Crippen LogP contribution < -0.4 is 0 Å². The summed E-state index contributed by atoms with van der Waals surface area (Å²) >= 11 is 0. The van der Waals surface area contributed by atoms with Gasteiger partial charge in [0, 0.05) is 0 Å². The number of hydrogen-bond acceptors (Lipinski definition) is 6. The molecule has 3 rings (SSSR count). The van der Waals surface area contributed by atoms with Gasteiger partial charge in [0.2, 0.25) is 11.2 Å². The summed E-state index contributed by atoms with van der Waals surface area (Å²) in [6.07, 6.45) is 0. The van der Waals surface area contributed by atoms with Crippen LogP contribution in [-0.2, 0) is 8.92 Å². The Bertz CT molecular complexity index is 664. The molecule has 0 radical (unpaired) electrons. The maximum Gasteiger partial charge on any atom is 0.779 e. The molecule has 0 spiro atoms. The van der Waals surface area contributed by atoms with E-state index in [1.807, 2.05) is 0 Å². The molecule has 0 aliphatic rings. The Morgan fingerprint density at radius 1 is 0.786 bits per heavy atom. The minimum atomic E-state index is -2.53. The molecule has 0 saturated carbocycles. The van der Waals surface area contributed by atoms with Gasteiger partial charge in [0.1, 0.15) is 0 Å². The zero-order valence-corrected chi connectivity index (χ0v) is 8.60. The predicted octanol–water partition coefficient (Wildman–Crippen LogP) is 1.37. The highest BCUT2D eigenvalue weighted by molar-refractivity contribution is 6.22. The second kappa shape index (κ2) is 2.48. The summed E-state index contributed by atoms with van der Waals surface area (Å²) in [6, 6.07) is 3.07. The third kappa shape index (κ3) is 0.944. The van der Waals surface area contributed by atoms with Crippen LogP contribution in [0.4, 0.5) is 0 Å². The zero-order chi connectivity index (χ0) is 9.71. The van der Waals surface area contributed by atoms with Gasteiger partial charge in [-0.2, -0.15) is 0 Å². The highest BCUT2D eigenvalue weighted by atomic mass is 28.2. The van der Waals surface area contributed by atoms with Gasteiger partial charge in [-0.15, -0.1) is 0 Å². The third-order valence-electron chi connectivity index (χ3n) is 1.80. The van der Waals surface area contributed by atoms with E-state index in [9.17, 15) is 8.92 Å². The van der Waals surface area contributed by atoms with Gasteiger partial charge in [-0.1, -0.05) is 0 Å². The van der Waals surface area contributed by atoms with Crippen LogP contribution in [0.3, 0.4) is 0 Å². The van der Waals surface area contributed by atoms with Gasteiger partial charge in [0.05, 0.1) is 0 Å². The largest absolute Gasteiger partial charge is 0.779 e. The molecule has 1 aromatic carbocycles. The lowest BCUT2D eigenvalue weighted by atomic mass is 10.3. The lowest BCUT2D eigenvalue weighted by Gasteiger charge is -1.85. The number of hydrogen-bond donors (Lipinski definition) is 0. The highest BCUT2D eigenvalue weighted by Gasteiger charge is 2.15. The molecule has 0 aliphatic carbocycles. The van der Waals surface area contributed by atoms with E-state index in [0.29, 0.717) is 11.2 Å². The molecule has 0 aliphatic heterocycles. The van der Waals surface area contributed by atoms with Crippen LogP contribution in [0.15, 0.2) is 28.5 Å². The minimum Gasteiger partial charge on any atom is -0.455 e. The Kier molecular flexibility index (Phi) is 1.39. The molecule has 2 aromatic heterocycles. The summed E-state index contributed by atoms with van der Waals surface area (Å²) in [4.78, 5) is 0. The van der Waals surface area contributed by atoms with Crippen molar-refractivity contribution in [3.8, 4) is 0 Å². The first-order valence-electron chi connectivity index (χ1n) is 3.70. The quantitative estimate of drug-likeness (QED) is 0.538. The molecule has 0 N–H and O–H groups in total. The lowest BCUT2D eigenvalue weighted by molar-refractivity contribution is 0.469. The average molecular weight is 226 g/mol. The first kappa shape index (κ1) is 7.82. The van der Waals surface area contributed by atoms with E-state index in [0.717, 1.165) is 0 Å². The van der Waals surface area contributed by atoms with Crippen molar-refractivity contribution >= 4 is 39.9 Å². The van der Waals surface area contributed by atoms with E-state index >= 15 is 0 Å². The number of rotatable bonds is 0. The number of fused-ring (bicyclic) bond motifs is 3. The molecule has 0 atom stereocenters. The maximum atomic E-state index is 11.0. The van der Waals surface area contributed by atoms with E-state index in [2.05, 4.69) is 0 Å². The van der Waals surface area contributed by atoms with Crippen molar-refractivity contribution in [3.05, 3.63) is 12.1 Å². The normalized spacial score (nSPS) is 11.4. The van der Waals surface area contributed by atoms with E-state index in [1.165, 1.54) is 12.1 Å². The summed E-state index contributed by atoms with van der Waals surface area (Å²) in [5.74, 6) is 0. The molecule has 0 fully saturated rings. The van der Waals surface area contributed by atoms with Gasteiger partial charge < -0.3 is 16.4 Å². The molecule has 2 heterocycles. The van der Waals surface area contributed by atoms with Crippen LogP contribution in [0.25, 0.3) is 22.3 Å². The molecule has 14 heavy (non-hydrogen) atoms. The van der Waals surface area contributed by atoms with Crippen molar-refractivity contribution in [2.75, 3.05) is 0 Å². The van der Waals surface area contributed by atoms with Crippen molar-refractivity contribution in [2.24, 2.45) is 0 Å². The Morgan fingerprint density at radius 3 is 1.64 bits per heavy atom. The van der Waals surface area contributed by atoms with Crippen LogP contribution in [-0.4, -0.2) is 17.6 Å². The van der Waals surface area contributed by atoms with Crippen molar-refractivity contribution in [2.45, 2.75) is 0 Å². The summed E-state index contributed by atoms with van der Waals surface area (Å²) < 4.78 is 41.4. The predicted molar refractivity (Wildman–Crippen MR) is 43.4 cm³/mol. The molecule has 6 nitrogen and oxygen atoms in total. The Morgan fingerprint density at radius 2 is 1.21 bits per heavy atom. The summed E-state index contributed by atoms with van der Waals surface area (Å²) in [5.41, 5.74) is 1.07. The molecule has 3 aromatic rings. The first-order chi connectivity index (χ1) is 6.74. The summed E-state index contributed by atoms with van der Waals surface area (Å²) in [7, 11) is -5.06. The van der Waals surface area contributed by atoms with Crippen LogP contribution in [0.2, 0.25) is 0 Å². The third-order valence-corrected chi connectivity index (χ3v) is 3.31. The fourth-order valence-corrected chi connectivity index (χ4v) is 2.75. The molecule has 8 heteroatoms. The van der Waals surface area contributed by atoms with Gasteiger partial charge in [-0.05, 0) is 12.1 Å². The van der Waals surface area contributed by atoms with Gasteiger partial charge in [-0.25, -0.2) is 0 Å². The van der Waals surface area contributed by atoms with Crippen molar-refractivity contribution in [1.29, 1.82) is 0 Å². The summed E-state index contributed by atoms with van der Waals surface area (Å²) in [5, 5.41) is 0. The lowest BCUT2D eigenvalue weighted by Crippen LogP contribution is -1.65. The number of benzene rings is 1. The topological polar surface area (TPSA) is 86.7 Å². The molecule has 70 valence electrons. The van der Waals surface area contributed by atoms with Crippen LogP contribution in [0.1, 0.15) is 0 Å². The maximum absolute atomic E-state index is 11.0. The standard InChI is InChI=1S/C6H2O6Si2/c7-13-9-3-1-2-4-6(5(3)11-13)12-14(8)10-4/h1-2H. The zero-order valence-electron chi connectivity index (χ0n) is 6.60. The molecule has 0 amide bonds. The molecule has 0 unspecified atom stereocenters. The van der Waals surface area contributed by atoms with Gasteiger partial charge in [-0.3, -0.25) is 8.92 Å². The van der Waals surface area contributed by atoms with Gasteiger partial charge >= 0.3 is 17.6 Å². The second-order valence-corrected chi connectivity index (χ2v) is 4.44. The smallest absolute Gasteiger partial charge is 0.455 e. The Balaban J connectivity index is 2.71. The van der Waals surface area contributed by atoms with E-state index in [-0.39, 0.29) is 11.2 Å². The van der Waals surface area contributed by atoms with E-state index in [1.54, 1.807) is 0 Å². The molecule has 0 bridgehead atoms. The minimum absolute atomic E-state index is 0.210. The molecular weight excluding hydrogens is 224 g/mol. The van der Waals surface area contributed by atoms with Crippen LogP contribution in [0, 0.1) is 0 Å². The van der Waals surface area contributed by atoms with E-state index in [4.69, 9.17) is 16.4 Å². The summed E-state index contributed by atoms with van der Waals surface area (Å²) in [6.45, 7) is 0. The fourth-order valence-electron chi connectivity index (χ4n) is 1.27. The highest BCUT2D eigenvalue weighted by Crippen LogP contribution is 2.24. The first-order valence-corrected chi connectivity index (χ1v) is 6.15. The van der Waals surface area contributed by atoms with Gasteiger partial charge in [0.25, 0.3) is 0 Å². The van der Waals surface area contributed by atoms with Crippen molar-refractivity contribution in [1.82, 2.24) is 0 Å². The second-order valence-electron chi connectivity index (χ2n) is 2.63.